The van der Waals surface area contributed by atoms with Gasteiger partial charge in [-0.2, -0.15) is 0 Å². The van der Waals surface area contributed by atoms with E-state index in [1.54, 1.807) is 0 Å². The summed E-state index contributed by atoms with van der Waals surface area (Å²) in [4.78, 5) is 25.6. The van der Waals surface area contributed by atoms with Gasteiger partial charge in [-0.05, 0) is 70.6 Å². The first-order valence-electron chi connectivity index (χ1n) is 31.9. The molecule has 0 rings (SSSR count). The molecule has 0 N–H and O–H groups in total. The van der Waals surface area contributed by atoms with Crippen LogP contribution in [0, 0.1) is 0 Å². The summed E-state index contributed by atoms with van der Waals surface area (Å²) >= 11 is 0. The summed E-state index contributed by atoms with van der Waals surface area (Å²) in [6, 6.07) is 0. The van der Waals surface area contributed by atoms with Gasteiger partial charge in [-0.3, -0.25) is 9.59 Å². The fourth-order valence-corrected chi connectivity index (χ4v) is 9.68. The third-order valence-electron chi connectivity index (χ3n) is 14.5. The second-order valence-electron chi connectivity index (χ2n) is 21.7. The molecular formula is C65H124O5. The Hall–Kier alpha value is -1.62. The summed E-state index contributed by atoms with van der Waals surface area (Å²) < 4.78 is 17.6. The van der Waals surface area contributed by atoms with Crippen molar-refractivity contribution in [1.29, 1.82) is 0 Å². The monoisotopic (exact) mass is 985 g/mol. The summed E-state index contributed by atoms with van der Waals surface area (Å²) in [5.74, 6) is -0.377. The zero-order valence-electron chi connectivity index (χ0n) is 47.8. The number of hydrogen-bond acceptors (Lipinski definition) is 5. The fourth-order valence-electron chi connectivity index (χ4n) is 9.68. The Bertz CT molecular complexity index is 1070. The summed E-state index contributed by atoms with van der Waals surface area (Å²) in [6.07, 6.45) is 75.0. The summed E-state index contributed by atoms with van der Waals surface area (Å²) in [5, 5.41) is 0. The molecule has 5 nitrogen and oxygen atoms in total. The molecule has 0 aromatic rings. The quantitative estimate of drug-likeness (QED) is 0.0345. The maximum Gasteiger partial charge on any atom is 0.306 e. The first-order chi connectivity index (χ1) is 34.6. The number of carbonyl (C=O) groups excluding carboxylic acids is 2. The van der Waals surface area contributed by atoms with Gasteiger partial charge in [0.05, 0.1) is 6.61 Å². The molecule has 0 saturated heterocycles. The molecule has 1 atom stereocenters. The molecule has 0 aliphatic carbocycles. The maximum atomic E-state index is 12.9. The Morgan fingerprint density at radius 3 is 0.871 bits per heavy atom. The van der Waals surface area contributed by atoms with Crippen molar-refractivity contribution in [2.24, 2.45) is 0 Å². The molecule has 0 fully saturated rings. The van der Waals surface area contributed by atoms with Crippen molar-refractivity contribution in [2.45, 2.75) is 361 Å². The number of ether oxygens (including phenoxy) is 3. The van der Waals surface area contributed by atoms with Gasteiger partial charge in [0.15, 0.2) is 6.10 Å². The first-order valence-corrected chi connectivity index (χ1v) is 31.9. The van der Waals surface area contributed by atoms with Gasteiger partial charge in [-0.25, -0.2) is 0 Å². The van der Waals surface area contributed by atoms with E-state index in [1.807, 2.05) is 0 Å². The third kappa shape index (κ3) is 58.9. The van der Waals surface area contributed by atoms with Crippen molar-refractivity contribution in [3.63, 3.8) is 0 Å². The van der Waals surface area contributed by atoms with E-state index in [-0.39, 0.29) is 18.5 Å². The molecule has 0 saturated carbocycles. The topological polar surface area (TPSA) is 61.8 Å². The minimum atomic E-state index is -0.533. The molecule has 0 bridgehead atoms. The number of hydrogen-bond donors (Lipinski definition) is 0. The van der Waals surface area contributed by atoms with Crippen molar-refractivity contribution in [2.75, 3.05) is 19.8 Å². The summed E-state index contributed by atoms with van der Waals surface area (Å²) in [6.45, 7) is 7.90. The minimum absolute atomic E-state index is 0.0910. The highest BCUT2D eigenvalue weighted by Crippen LogP contribution is 2.17. The van der Waals surface area contributed by atoms with Gasteiger partial charge in [-0.1, -0.05) is 295 Å². The molecule has 414 valence electrons. The lowest BCUT2D eigenvalue weighted by Crippen LogP contribution is -2.30. The lowest BCUT2D eigenvalue weighted by molar-refractivity contribution is -0.163. The van der Waals surface area contributed by atoms with Crippen LogP contribution in [0.2, 0.25) is 0 Å². The van der Waals surface area contributed by atoms with E-state index in [1.165, 1.54) is 289 Å². The lowest BCUT2D eigenvalue weighted by Gasteiger charge is -2.18. The zero-order valence-corrected chi connectivity index (χ0v) is 47.8. The van der Waals surface area contributed by atoms with Crippen LogP contribution in [0.3, 0.4) is 0 Å². The van der Waals surface area contributed by atoms with Crippen LogP contribution in [0.25, 0.3) is 0 Å². The van der Waals surface area contributed by atoms with Gasteiger partial charge in [-0.15, -0.1) is 0 Å². The van der Waals surface area contributed by atoms with Crippen LogP contribution in [0.15, 0.2) is 24.3 Å². The molecule has 0 amide bonds. The molecule has 5 heteroatoms. The van der Waals surface area contributed by atoms with Crippen molar-refractivity contribution < 1.29 is 23.8 Å². The number of unbranched alkanes of at least 4 members (excludes halogenated alkanes) is 45. The van der Waals surface area contributed by atoms with Gasteiger partial charge in [0.1, 0.15) is 6.61 Å². The van der Waals surface area contributed by atoms with Crippen molar-refractivity contribution >= 4 is 11.9 Å². The SMILES string of the molecule is CCCCCCCC/C=C\CCCCCCCCCCCCCC(=O)OC[C@@H](COCCCCCCCCCCCCCCCCCC)OC(=O)CCCCCCCCC/C=C\CCCCCCCC. The highest BCUT2D eigenvalue weighted by Gasteiger charge is 2.18. The number of esters is 2. The molecule has 0 radical (unpaired) electrons. The Kier molecular flexibility index (Phi) is 60.3. The minimum Gasteiger partial charge on any atom is -0.462 e. The van der Waals surface area contributed by atoms with E-state index < -0.39 is 6.10 Å². The molecule has 0 unspecified atom stereocenters. The van der Waals surface area contributed by atoms with Crippen LogP contribution >= 0.6 is 0 Å². The smallest absolute Gasteiger partial charge is 0.306 e. The van der Waals surface area contributed by atoms with Crippen LogP contribution in [0.1, 0.15) is 355 Å². The molecule has 0 aromatic heterocycles. The predicted molar refractivity (Wildman–Crippen MR) is 307 cm³/mol. The molecule has 0 aliphatic rings. The predicted octanol–water partition coefficient (Wildman–Crippen LogP) is 21.9. The molecule has 0 heterocycles. The largest absolute Gasteiger partial charge is 0.462 e. The number of allylic oxidation sites excluding steroid dienone is 4. The highest BCUT2D eigenvalue weighted by atomic mass is 16.6. The normalized spacial score (nSPS) is 12.2. The van der Waals surface area contributed by atoms with Crippen LogP contribution in [0.4, 0.5) is 0 Å². The van der Waals surface area contributed by atoms with Crippen LogP contribution in [0.5, 0.6) is 0 Å². The Morgan fingerprint density at radius 1 is 0.300 bits per heavy atom. The first kappa shape index (κ1) is 68.4. The molecule has 70 heavy (non-hydrogen) atoms. The van der Waals surface area contributed by atoms with Gasteiger partial charge in [0, 0.05) is 19.4 Å². The zero-order chi connectivity index (χ0) is 50.6. The lowest BCUT2D eigenvalue weighted by atomic mass is 10.0. The van der Waals surface area contributed by atoms with E-state index >= 15 is 0 Å². The van der Waals surface area contributed by atoms with Crippen molar-refractivity contribution in [3.8, 4) is 0 Å². The van der Waals surface area contributed by atoms with Crippen LogP contribution in [-0.4, -0.2) is 37.9 Å². The summed E-state index contributed by atoms with van der Waals surface area (Å²) in [7, 11) is 0. The average molecular weight is 986 g/mol. The van der Waals surface area contributed by atoms with Gasteiger partial charge >= 0.3 is 11.9 Å². The van der Waals surface area contributed by atoms with E-state index in [0.29, 0.717) is 26.1 Å². The van der Waals surface area contributed by atoms with Crippen LogP contribution < -0.4 is 0 Å². The molecular weight excluding hydrogens is 861 g/mol. The third-order valence-corrected chi connectivity index (χ3v) is 14.5. The second kappa shape index (κ2) is 61.7. The van der Waals surface area contributed by atoms with Crippen molar-refractivity contribution in [1.82, 2.24) is 0 Å². The average Bonchev–Trinajstić information content (AvgIpc) is 3.36. The van der Waals surface area contributed by atoms with Crippen molar-refractivity contribution in [3.05, 3.63) is 24.3 Å². The van der Waals surface area contributed by atoms with E-state index in [9.17, 15) is 9.59 Å². The molecule has 0 spiro atoms. The molecule has 0 aliphatic heterocycles. The van der Waals surface area contributed by atoms with E-state index in [4.69, 9.17) is 14.2 Å². The highest BCUT2D eigenvalue weighted by molar-refractivity contribution is 5.70. The Morgan fingerprint density at radius 2 is 0.557 bits per heavy atom. The van der Waals surface area contributed by atoms with Gasteiger partial charge in [0.2, 0.25) is 0 Å². The summed E-state index contributed by atoms with van der Waals surface area (Å²) in [5.41, 5.74) is 0. The van der Waals surface area contributed by atoms with E-state index in [2.05, 4.69) is 45.1 Å². The maximum absolute atomic E-state index is 12.9. The van der Waals surface area contributed by atoms with Gasteiger partial charge < -0.3 is 14.2 Å². The molecule has 0 aromatic carbocycles. The fraction of sp³-hybridized carbons (Fsp3) is 0.908. The number of rotatable bonds is 60. The number of carbonyl (C=O) groups is 2. The van der Waals surface area contributed by atoms with E-state index in [0.717, 1.165) is 32.1 Å². The van der Waals surface area contributed by atoms with Crippen LogP contribution in [-0.2, 0) is 23.8 Å². The van der Waals surface area contributed by atoms with Gasteiger partial charge in [0.25, 0.3) is 0 Å². The Balaban J connectivity index is 4.20. The second-order valence-corrected chi connectivity index (χ2v) is 21.7. The Labute approximate surface area is 438 Å². The standard InChI is InChI=1S/C65H124O5/c1-4-7-10-13-16-19-22-25-28-31-32-33-34-36-37-40-43-46-49-52-55-58-64(66)69-62-63(61-68-60-57-54-51-48-45-42-39-30-27-24-21-18-15-12-9-6-3)70-65(67)59-56-53-50-47-44-41-38-35-29-26-23-20-17-14-11-8-5-2/h25-26,28-29,63H,4-24,27,30-62H2,1-3H3/b28-25-,29-26-/t63-/m1/s1.